The summed E-state index contributed by atoms with van der Waals surface area (Å²) in [6.45, 7) is 13.0. The Balaban J connectivity index is 1.65. The number of nitrogens with zero attached hydrogens (tertiary/aromatic N) is 3. The van der Waals surface area contributed by atoms with Crippen molar-refractivity contribution in [1.29, 1.82) is 0 Å². The van der Waals surface area contributed by atoms with E-state index in [-0.39, 0.29) is 17.9 Å². The van der Waals surface area contributed by atoms with Gasteiger partial charge >= 0.3 is 0 Å². The first-order valence-electron chi connectivity index (χ1n) is 14.5. The number of halogens is 2. The Labute approximate surface area is 252 Å². The summed E-state index contributed by atoms with van der Waals surface area (Å²) in [4.78, 5) is 35.4. The Kier molecular flexibility index (Phi) is 9.85. The summed E-state index contributed by atoms with van der Waals surface area (Å²) in [5.41, 5.74) is 2.61. The van der Waals surface area contributed by atoms with Crippen LogP contribution in [0, 0.1) is 11.3 Å². The van der Waals surface area contributed by atoms with Crippen LogP contribution in [-0.2, 0) is 24.3 Å². The molecule has 0 radical (unpaired) electrons. The number of carbonyl (C=O) groups is 2. The van der Waals surface area contributed by atoms with Crippen molar-refractivity contribution in [3.63, 3.8) is 0 Å². The summed E-state index contributed by atoms with van der Waals surface area (Å²) in [5.74, 6) is 1.46. The van der Waals surface area contributed by atoms with E-state index in [1.54, 1.807) is 12.1 Å². The van der Waals surface area contributed by atoms with Gasteiger partial charge < -0.3 is 19.9 Å². The van der Waals surface area contributed by atoms with Crippen molar-refractivity contribution in [2.75, 3.05) is 6.61 Å². The van der Waals surface area contributed by atoms with Crippen molar-refractivity contribution in [2.45, 2.75) is 92.8 Å². The van der Waals surface area contributed by atoms with Crippen LogP contribution in [0.2, 0.25) is 10.0 Å². The highest BCUT2D eigenvalue weighted by atomic mass is 35.5. The molecule has 2 amide bonds. The Hall–Kier alpha value is -2.84. The number of imidazole rings is 1. The second-order valence-corrected chi connectivity index (χ2v) is 12.7. The number of rotatable bonds is 9. The zero-order chi connectivity index (χ0) is 29.9. The van der Waals surface area contributed by atoms with Gasteiger partial charge in [0, 0.05) is 36.0 Å². The predicted octanol–water partition coefficient (Wildman–Crippen LogP) is 6.72. The van der Waals surface area contributed by atoms with Gasteiger partial charge in [-0.2, -0.15) is 4.98 Å². The highest BCUT2D eigenvalue weighted by molar-refractivity contribution is 6.36. The molecule has 4 rings (SSSR count). The quantitative estimate of drug-likeness (QED) is 0.284. The van der Waals surface area contributed by atoms with Crippen molar-refractivity contribution >= 4 is 46.2 Å². The van der Waals surface area contributed by atoms with Crippen LogP contribution in [0.1, 0.15) is 94.5 Å². The van der Waals surface area contributed by atoms with E-state index in [1.165, 1.54) is 0 Å². The zero-order valence-corrected chi connectivity index (χ0v) is 26.4. The molecule has 0 unspecified atom stereocenters. The van der Waals surface area contributed by atoms with Crippen LogP contribution in [0.4, 0.5) is 0 Å². The summed E-state index contributed by atoms with van der Waals surface area (Å²) in [7, 11) is 0. The topological polar surface area (TPSA) is 98.1 Å². The number of amides is 2. The Morgan fingerprint density at radius 3 is 2.44 bits per heavy atom. The van der Waals surface area contributed by atoms with Gasteiger partial charge in [-0.05, 0) is 68.7 Å². The van der Waals surface area contributed by atoms with Gasteiger partial charge in [0.15, 0.2) is 5.65 Å². The van der Waals surface area contributed by atoms with Crippen molar-refractivity contribution in [1.82, 2.24) is 25.2 Å². The number of pyridine rings is 1. The van der Waals surface area contributed by atoms with Gasteiger partial charge in [0.05, 0.1) is 11.6 Å². The molecule has 0 spiro atoms. The average Bonchev–Trinajstić information content (AvgIpc) is 3.26. The van der Waals surface area contributed by atoms with Crippen LogP contribution in [-0.4, -0.2) is 39.0 Å². The first kappa shape index (κ1) is 31.1. The van der Waals surface area contributed by atoms with E-state index in [9.17, 15) is 9.59 Å². The molecule has 1 aromatic carbocycles. The predicted molar refractivity (Wildman–Crippen MR) is 164 cm³/mol. The summed E-state index contributed by atoms with van der Waals surface area (Å²) in [6.07, 6.45) is 4.53. The molecule has 10 heteroatoms. The average molecular weight is 603 g/mol. The third-order valence-corrected chi connectivity index (χ3v) is 8.50. The van der Waals surface area contributed by atoms with Gasteiger partial charge in [-0.3, -0.25) is 9.59 Å². The van der Waals surface area contributed by atoms with E-state index >= 15 is 0 Å². The van der Waals surface area contributed by atoms with Crippen LogP contribution in [0.5, 0.6) is 5.88 Å². The number of fused-ring (bicyclic) bond motifs is 1. The maximum Gasteiger partial charge on any atom is 0.257 e. The summed E-state index contributed by atoms with van der Waals surface area (Å²) in [6, 6.07) is 5.54. The van der Waals surface area contributed by atoms with Gasteiger partial charge in [-0.15, -0.1) is 0 Å². The second kappa shape index (κ2) is 13.0. The van der Waals surface area contributed by atoms with Crippen LogP contribution < -0.4 is 15.4 Å². The third kappa shape index (κ3) is 7.15. The summed E-state index contributed by atoms with van der Waals surface area (Å²) in [5, 5.41) is 7.14. The fourth-order valence-corrected chi connectivity index (χ4v) is 5.74. The number of carbonyl (C=O) groups excluding carboxylic acids is 2. The summed E-state index contributed by atoms with van der Waals surface area (Å²) < 4.78 is 7.82. The monoisotopic (exact) mass is 601 g/mol. The molecule has 0 aliphatic heterocycles. The van der Waals surface area contributed by atoms with Crippen LogP contribution >= 0.6 is 23.2 Å². The van der Waals surface area contributed by atoms with Gasteiger partial charge in [-0.25, -0.2) is 4.98 Å². The fraction of sp³-hybridized carbons (Fsp3) is 0.548. The normalized spacial score (nSPS) is 17.5. The standard InChI is InChI=1S/C31H41Cl2N5O3/c1-7-38-25(16-21-23(32)14-11-19(26(21)33)17-34-30(40)31(4,5)6)36-24-15-22(29(41-8-2)37-27(24)38)28(39)35-20-12-9-18(3)10-13-20/h11,14-15,18,20H,7-10,12-13,16-17H2,1-6H3,(H,34,40)(H,35,39). The molecular formula is C31H41Cl2N5O3. The minimum atomic E-state index is -0.508. The van der Waals surface area contributed by atoms with Crippen molar-refractivity contribution < 1.29 is 14.3 Å². The van der Waals surface area contributed by atoms with Crippen LogP contribution in [0.15, 0.2) is 18.2 Å². The van der Waals surface area contributed by atoms with E-state index in [0.717, 1.165) is 42.6 Å². The molecular weight excluding hydrogens is 561 g/mol. The van der Waals surface area contributed by atoms with E-state index in [1.807, 2.05) is 45.3 Å². The summed E-state index contributed by atoms with van der Waals surface area (Å²) >= 11 is 13.4. The van der Waals surface area contributed by atoms with Gasteiger partial charge in [-0.1, -0.05) is 57.0 Å². The van der Waals surface area contributed by atoms with Crippen LogP contribution in [0.25, 0.3) is 11.2 Å². The maximum atomic E-state index is 13.4. The largest absolute Gasteiger partial charge is 0.477 e. The van der Waals surface area contributed by atoms with Gasteiger partial charge in [0.1, 0.15) is 16.9 Å². The van der Waals surface area contributed by atoms with E-state index in [2.05, 4.69) is 17.6 Å². The number of hydrogen-bond donors (Lipinski definition) is 2. The maximum absolute atomic E-state index is 13.4. The molecule has 2 aromatic heterocycles. The van der Waals surface area contributed by atoms with Crippen molar-refractivity contribution in [3.05, 3.63) is 50.8 Å². The fourth-order valence-electron chi connectivity index (χ4n) is 5.17. The molecule has 2 N–H and O–H groups in total. The third-order valence-electron chi connectivity index (χ3n) is 7.68. The second-order valence-electron chi connectivity index (χ2n) is 11.9. The SMILES string of the molecule is CCOc1nc2c(cc1C(=O)NC1CCC(C)CC1)nc(Cc1c(Cl)ccc(CNC(=O)C(C)(C)C)c1Cl)n2CC. The molecule has 41 heavy (non-hydrogen) atoms. The molecule has 1 saturated carbocycles. The van der Waals surface area contributed by atoms with E-state index in [0.29, 0.717) is 64.7 Å². The Morgan fingerprint density at radius 2 is 1.80 bits per heavy atom. The van der Waals surface area contributed by atoms with E-state index < -0.39 is 5.41 Å². The van der Waals surface area contributed by atoms with Crippen molar-refractivity contribution in [2.24, 2.45) is 11.3 Å². The number of hydrogen-bond acceptors (Lipinski definition) is 5. The minimum absolute atomic E-state index is 0.0631. The Morgan fingerprint density at radius 1 is 1.10 bits per heavy atom. The minimum Gasteiger partial charge on any atom is -0.477 e. The lowest BCUT2D eigenvalue weighted by Gasteiger charge is -2.27. The first-order chi connectivity index (χ1) is 19.4. The number of benzene rings is 1. The number of ether oxygens (including phenoxy) is 1. The highest BCUT2D eigenvalue weighted by Gasteiger charge is 2.26. The molecule has 1 fully saturated rings. The lowest BCUT2D eigenvalue weighted by atomic mass is 9.87. The van der Waals surface area contributed by atoms with Crippen molar-refractivity contribution in [3.8, 4) is 5.88 Å². The number of nitrogens with one attached hydrogen (secondary N) is 2. The molecule has 222 valence electrons. The number of aromatic nitrogens is 3. The lowest BCUT2D eigenvalue weighted by Crippen LogP contribution is -2.37. The molecule has 1 aliphatic rings. The lowest BCUT2D eigenvalue weighted by molar-refractivity contribution is -0.128. The Bertz CT molecular complexity index is 1420. The molecule has 8 nitrogen and oxygen atoms in total. The van der Waals surface area contributed by atoms with E-state index in [4.69, 9.17) is 37.9 Å². The molecule has 0 saturated heterocycles. The van der Waals surface area contributed by atoms with Gasteiger partial charge in [0.25, 0.3) is 5.91 Å². The molecule has 0 bridgehead atoms. The number of aryl methyl sites for hydroxylation is 1. The van der Waals surface area contributed by atoms with Crippen LogP contribution in [0.3, 0.4) is 0 Å². The highest BCUT2D eigenvalue weighted by Crippen LogP contribution is 2.32. The molecule has 0 atom stereocenters. The zero-order valence-electron chi connectivity index (χ0n) is 24.9. The molecule has 3 aromatic rings. The first-order valence-corrected chi connectivity index (χ1v) is 15.3. The van der Waals surface area contributed by atoms with Gasteiger partial charge in [0.2, 0.25) is 11.8 Å². The smallest absolute Gasteiger partial charge is 0.257 e. The molecule has 1 aliphatic carbocycles. The molecule has 2 heterocycles.